The zero-order valence-electron chi connectivity index (χ0n) is 19.3. The molecule has 1 aromatic rings. The van der Waals surface area contributed by atoms with Crippen LogP contribution in [-0.2, 0) is 21.2 Å². The molecule has 184 valence electrons. The molecular weight excluding hydrogens is 447 g/mol. The number of hydroxylamine groups is 1. The first-order chi connectivity index (χ1) is 15.8. The maximum atomic E-state index is 14.5. The van der Waals surface area contributed by atoms with Crippen LogP contribution in [0.5, 0.6) is 0 Å². The maximum absolute atomic E-state index is 14.5. The number of piperazine rings is 1. The Morgan fingerprint density at radius 2 is 1.82 bits per heavy atom. The van der Waals surface area contributed by atoms with Gasteiger partial charge in [-0.2, -0.15) is 4.31 Å². The van der Waals surface area contributed by atoms with Crippen molar-refractivity contribution in [1.82, 2.24) is 14.7 Å². The van der Waals surface area contributed by atoms with Gasteiger partial charge in [-0.3, -0.25) is 10.0 Å². The minimum atomic E-state index is -3.98. The van der Waals surface area contributed by atoms with Crippen molar-refractivity contribution in [3.05, 3.63) is 29.6 Å². The number of aryl methyl sites for hydroxylation is 1. The highest BCUT2D eigenvalue weighted by Gasteiger charge is 2.55. The number of unbranched alkanes of at least 4 members (excludes halogenated alkanes) is 1. The summed E-state index contributed by atoms with van der Waals surface area (Å²) in [4.78, 5) is 16.9. The number of amides is 1. The topological polar surface area (TPSA) is 93.2 Å². The fourth-order valence-electron chi connectivity index (χ4n) is 5.13. The molecule has 0 radical (unpaired) electrons. The lowest BCUT2D eigenvalue weighted by Crippen LogP contribution is -2.63. The Kier molecular flexibility index (Phi) is 7.28. The first kappa shape index (κ1) is 24.4. The summed E-state index contributed by atoms with van der Waals surface area (Å²) in [5, 5.41) is 9.35. The van der Waals surface area contributed by atoms with Crippen molar-refractivity contribution in [1.29, 1.82) is 0 Å². The van der Waals surface area contributed by atoms with Crippen molar-refractivity contribution in [2.75, 3.05) is 44.2 Å². The summed E-state index contributed by atoms with van der Waals surface area (Å²) in [7, 11) is -3.98. The van der Waals surface area contributed by atoms with Gasteiger partial charge < -0.3 is 9.80 Å². The average Bonchev–Trinajstić information content (AvgIpc) is 3.68. The normalized spacial score (nSPS) is 22.3. The van der Waals surface area contributed by atoms with E-state index < -0.39 is 20.7 Å². The molecule has 2 N–H and O–H groups in total. The molecule has 2 heterocycles. The third kappa shape index (κ3) is 4.76. The molecule has 2 aliphatic heterocycles. The molecule has 3 aliphatic rings. The lowest BCUT2D eigenvalue weighted by molar-refractivity contribution is -0.133. The number of likely N-dealkylation sites (tertiary alicyclic amines) is 1. The van der Waals surface area contributed by atoms with Gasteiger partial charge in [-0.25, -0.2) is 18.3 Å². The fraction of sp³-hybridized carbons (Fsp3) is 0.696. The Hall–Kier alpha value is -1.75. The number of sulfonamides is 1. The summed E-state index contributed by atoms with van der Waals surface area (Å²) >= 11 is 0. The van der Waals surface area contributed by atoms with Crippen molar-refractivity contribution >= 4 is 21.6 Å². The van der Waals surface area contributed by atoms with Crippen LogP contribution in [0.15, 0.2) is 18.2 Å². The third-order valence-electron chi connectivity index (χ3n) is 7.46. The summed E-state index contributed by atoms with van der Waals surface area (Å²) in [6.45, 7) is 4.39. The average molecular weight is 483 g/mol. The van der Waals surface area contributed by atoms with E-state index in [0.29, 0.717) is 44.2 Å². The molecule has 0 unspecified atom stereocenters. The number of piperidine rings is 1. The van der Waals surface area contributed by atoms with E-state index in [1.54, 1.807) is 5.48 Å². The number of rotatable bonds is 8. The zero-order valence-corrected chi connectivity index (χ0v) is 20.1. The van der Waals surface area contributed by atoms with Crippen LogP contribution in [0.3, 0.4) is 0 Å². The summed E-state index contributed by atoms with van der Waals surface area (Å²) in [6, 6.07) is 5.74. The molecule has 0 spiro atoms. The van der Waals surface area contributed by atoms with Crippen LogP contribution >= 0.6 is 0 Å². The van der Waals surface area contributed by atoms with E-state index in [9.17, 15) is 22.8 Å². The first-order valence-electron chi connectivity index (χ1n) is 12.0. The van der Waals surface area contributed by atoms with Gasteiger partial charge in [-0.15, -0.1) is 0 Å². The Bertz CT molecular complexity index is 953. The second-order valence-electron chi connectivity index (χ2n) is 9.47. The van der Waals surface area contributed by atoms with E-state index >= 15 is 0 Å². The molecule has 0 bridgehead atoms. The predicted octanol–water partition coefficient (Wildman–Crippen LogP) is 2.12. The molecule has 3 fully saturated rings. The molecule has 1 aliphatic carbocycles. The van der Waals surface area contributed by atoms with Crippen LogP contribution in [0.25, 0.3) is 0 Å². The minimum Gasteiger partial charge on any atom is -0.369 e. The first-order valence-corrected chi connectivity index (χ1v) is 13.5. The van der Waals surface area contributed by atoms with Gasteiger partial charge in [0.25, 0.3) is 5.91 Å². The van der Waals surface area contributed by atoms with Crippen LogP contribution in [0, 0.1) is 5.82 Å². The number of nitrogens with one attached hydrogen (secondary N) is 1. The highest BCUT2D eigenvalue weighted by atomic mass is 32.2. The molecular formula is C23H35FN4O4S. The van der Waals surface area contributed by atoms with E-state index in [-0.39, 0.29) is 31.7 Å². The van der Waals surface area contributed by atoms with E-state index in [1.165, 1.54) is 10.4 Å². The molecule has 1 saturated carbocycles. The lowest BCUT2D eigenvalue weighted by atomic mass is 9.95. The van der Waals surface area contributed by atoms with Gasteiger partial charge in [-0.05, 0) is 56.2 Å². The third-order valence-corrected chi connectivity index (χ3v) is 10.1. The number of benzene rings is 1. The molecule has 2 saturated heterocycles. The Labute approximate surface area is 195 Å². The van der Waals surface area contributed by atoms with Gasteiger partial charge in [0.2, 0.25) is 10.0 Å². The number of halogens is 1. The van der Waals surface area contributed by atoms with Crippen molar-refractivity contribution in [3.8, 4) is 0 Å². The van der Waals surface area contributed by atoms with E-state index in [0.717, 1.165) is 31.4 Å². The summed E-state index contributed by atoms with van der Waals surface area (Å²) in [5.74, 6) is -1.07. The van der Waals surface area contributed by atoms with Crippen molar-refractivity contribution in [2.45, 2.75) is 62.7 Å². The molecule has 1 aromatic carbocycles. The monoisotopic (exact) mass is 482 g/mol. The molecule has 0 atom stereocenters. The predicted molar refractivity (Wildman–Crippen MR) is 124 cm³/mol. The number of anilines is 1. The minimum absolute atomic E-state index is 0.170. The lowest BCUT2D eigenvalue weighted by Gasteiger charge is -2.44. The number of carbonyl (C=O) groups excluding carboxylic acids is 1. The van der Waals surface area contributed by atoms with Gasteiger partial charge in [-0.1, -0.05) is 19.4 Å². The SMILES string of the molecule is CCCCc1ccc(N2CCN(S(=O)(=O)C3(C(=O)NO)CCN(C4CC4)CC3)CC2)cc1F. The quantitative estimate of drug-likeness (QED) is 0.436. The highest BCUT2D eigenvalue weighted by Crippen LogP contribution is 2.38. The largest absolute Gasteiger partial charge is 0.369 e. The smallest absolute Gasteiger partial charge is 0.266 e. The zero-order chi connectivity index (χ0) is 23.6. The van der Waals surface area contributed by atoms with Crippen LogP contribution in [0.4, 0.5) is 10.1 Å². The molecule has 0 aromatic heterocycles. The van der Waals surface area contributed by atoms with Crippen molar-refractivity contribution < 1.29 is 22.8 Å². The summed E-state index contributed by atoms with van der Waals surface area (Å²) in [5.41, 5.74) is 3.07. The Morgan fingerprint density at radius 1 is 1.15 bits per heavy atom. The van der Waals surface area contributed by atoms with Gasteiger partial charge in [0.1, 0.15) is 5.82 Å². The Balaban J connectivity index is 1.44. The summed E-state index contributed by atoms with van der Waals surface area (Å²) in [6.07, 6.45) is 5.23. The van der Waals surface area contributed by atoms with Gasteiger partial charge in [0, 0.05) is 51.0 Å². The highest BCUT2D eigenvalue weighted by molar-refractivity contribution is 7.91. The maximum Gasteiger partial charge on any atom is 0.266 e. The summed E-state index contributed by atoms with van der Waals surface area (Å²) < 4.78 is 41.5. The van der Waals surface area contributed by atoms with E-state index in [1.807, 2.05) is 17.0 Å². The Morgan fingerprint density at radius 3 is 2.36 bits per heavy atom. The second-order valence-corrected chi connectivity index (χ2v) is 11.7. The second kappa shape index (κ2) is 9.85. The standard InChI is InChI=1S/C23H35FN4O4S/c1-2-3-4-18-5-6-20(17-21(18)24)27-13-15-28(16-14-27)33(31,32)23(22(29)25-30)9-11-26(12-10-23)19-7-8-19/h5-6,17,19,30H,2-4,7-16H2,1H3,(H,25,29). The van der Waals surface area contributed by atoms with Crippen molar-refractivity contribution in [3.63, 3.8) is 0 Å². The molecule has 33 heavy (non-hydrogen) atoms. The number of hydrogen-bond acceptors (Lipinski definition) is 6. The van der Waals surface area contributed by atoms with Gasteiger partial charge in [0.05, 0.1) is 0 Å². The van der Waals surface area contributed by atoms with E-state index in [4.69, 9.17) is 0 Å². The van der Waals surface area contributed by atoms with Gasteiger partial charge in [0.15, 0.2) is 4.75 Å². The number of hydrogen-bond donors (Lipinski definition) is 2. The molecule has 1 amide bonds. The van der Waals surface area contributed by atoms with E-state index in [2.05, 4.69) is 11.8 Å². The van der Waals surface area contributed by atoms with Crippen LogP contribution < -0.4 is 10.4 Å². The van der Waals surface area contributed by atoms with Crippen LogP contribution in [0.1, 0.15) is 51.0 Å². The number of nitrogens with zero attached hydrogens (tertiary/aromatic N) is 3. The molecule has 10 heteroatoms. The van der Waals surface area contributed by atoms with Gasteiger partial charge >= 0.3 is 0 Å². The molecule has 4 rings (SSSR count). The van der Waals surface area contributed by atoms with Crippen LogP contribution in [-0.4, -0.2) is 78.8 Å². The van der Waals surface area contributed by atoms with Crippen LogP contribution in [0.2, 0.25) is 0 Å². The van der Waals surface area contributed by atoms with Crippen molar-refractivity contribution in [2.24, 2.45) is 0 Å². The fourth-order valence-corrected chi connectivity index (χ4v) is 7.25. The number of carbonyl (C=O) groups is 1. The molecule has 8 nitrogen and oxygen atoms in total.